The highest BCUT2D eigenvalue weighted by atomic mass is 16.5. The van der Waals surface area contributed by atoms with Gasteiger partial charge in [-0.05, 0) is 55.0 Å². The summed E-state index contributed by atoms with van der Waals surface area (Å²) < 4.78 is 12.7. The molecule has 7 heteroatoms. The SMILES string of the molecule is COc1ccccc1C(=O)Nc1ccc2c(-c3ccc(C)cc3)c(N)n(CC3CCCO3)c(=O)c2c1. The van der Waals surface area contributed by atoms with E-state index in [0.717, 1.165) is 34.9 Å². The van der Waals surface area contributed by atoms with Crippen molar-refractivity contribution in [2.24, 2.45) is 0 Å². The van der Waals surface area contributed by atoms with Crippen LogP contribution >= 0.6 is 0 Å². The third kappa shape index (κ3) is 4.45. The number of methoxy groups -OCH3 is 1. The minimum Gasteiger partial charge on any atom is -0.496 e. The summed E-state index contributed by atoms with van der Waals surface area (Å²) in [5.74, 6) is 0.572. The third-order valence-corrected chi connectivity index (χ3v) is 6.67. The van der Waals surface area contributed by atoms with Crippen LogP contribution in [0.4, 0.5) is 11.5 Å². The monoisotopic (exact) mass is 483 g/mol. The molecule has 1 aliphatic heterocycles. The van der Waals surface area contributed by atoms with Gasteiger partial charge in [-0.25, -0.2) is 0 Å². The smallest absolute Gasteiger partial charge is 0.260 e. The Morgan fingerprint density at radius 1 is 1.11 bits per heavy atom. The molecule has 1 amide bonds. The molecule has 1 fully saturated rings. The lowest BCUT2D eigenvalue weighted by atomic mass is 9.97. The minimum absolute atomic E-state index is 0.0539. The highest BCUT2D eigenvalue weighted by Gasteiger charge is 2.22. The lowest BCUT2D eigenvalue weighted by molar-refractivity contribution is 0.0968. The Morgan fingerprint density at radius 2 is 1.89 bits per heavy atom. The number of ether oxygens (including phenoxy) is 2. The number of carbonyl (C=O) groups excluding carboxylic acids is 1. The molecular weight excluding hydrogens is 454 g/mol. The van der Waals surface area contributed by atoms with Crippen molar-refractivity contribution in [2.45, 2.75) is 32.4 Å². The van der Waals surface area contributed by atoms with E-state index in [1.54, 1.807) is 41.0 Å². The number of benzene rings is 3. The van der Waals surface area contributed by atoms with E-state index < -0.39 is 0 Å². The number of amides is 1. The molecule has 0 saturated carbocycles. The summed E-state index contributed by atoms with van der Waals surface area (Å²) in [6.45, 7) is 3.11. The molecule has 36 heavy (non-hydrogen) atoms. The Labute approximate surface area is 209 Å². The fourth-order valence-electron chi connectivity index (χ4n) is 4.77. The summed E-state index contributed by atoms with van der Waals surface area (Å²) in [7, 11) is 1.52. The predicted octanol–water partition coefficient (Wildman–Crippen LogP) is 5.00. The van der Waals surface area contributed by atoms with Gasteiger partial charge in [0.2, 0.25) is 0 Å². The Balaban J connectivity index is 1.62. The highest BCUT2D eigenvalue weighted by molar-refractivity contribution is 6.08. The number of pyridine rings is 1. The fourth-order valence-corrected chi connectivity index (χ4v) is 4.77. The number of carbonyl (C=O) groups is 1. The van der Waals surface area contributed by atoms with Gasteiger partial charge in [-0.1, -0.05) is 48.0 Å². The maximum absolute atomic E-state index is 13.7. The van der Waals surface area contributed by atoms with E-state index in [4.69, 9.17) is 15.2 Å². The molecule has 1 atom stereocenters. The van der Waals surface area contributed by atoms with Gasteiger partial charge in [0, 0.05) is 23.2 Å². The average molecular weight is 484 g/mol. The number of anilines is 2. The van der Waals surface area contributed by atoms with Gasteiger partial charge in [-0.15, -0.1) is 0 Å². The van der Waals surface area contributed by atoms with Gasteiger partial charge in [0.1, 0.15) is 11.6 Å². The zero-order chi connectivity index (χ0) is 25.2. The molecule has 3 N–H and O–H groups in total. The minimum atomic E-state index is -0.319. The van der Waals surface area contributed by atoms with Crippen LogP contribution in [0.1, 0.15) is 28.8 Å². The Hall–Kier alpha value is -4.10. The highest BCUT2D eigenvalue weighted by Crippen LogP contribution is 2.34. The van der Waals surface area contributed by atoms with Gasteiger partial charge in [-0.2, -0.15) is 0 Å². The molecule has 184 valence electrons. The van der Waals surface area contributed by atoms with Crippen molar-refractivity contribution >= 4 is 28.2 Å². The van der Waals surface area contributed by atoms with Crippen LogP contribution in [0.25, 0.3) is 21.9 Å². The molecule has 7 nitrogen and oxygen atoms in total. The van der Waals surface area contributed by atoms with E-state index in [1.807, 2.05) is 37.3 Å². The van der Waals surface area contributed by atoms with E-state index >= 15 is 0 Å². The van der Waals surface area contributed by atoms with E-state index in [-0.39, 0.29) is 17.6 Å². The number of rotatable bonds is 6. The number of fused-ring (bicyclic) bond motifs is 1. The molecule has 1 aromatic heterocycles. The van der Waals surface area contributed by atoms with Crippen LogP contribution in [0.5, 0.6) is 5.75 Å². The van der Waals surface area contributed by atoms with Crippen LogP contribution in [0, 0.1) is 6.92 Å². The summed E-state index contributed by atoms with van der Waals surface area (Å²) in [6.07, 6.45) is 1.80. The van der Waals surface area contributed by atoms with Gasteiger partial charge in [0.25, 0.3) is 11.5 Å². The van der Waals surface area contributed by atoms with Crippen LogP contribution in [0.2, 0.25) is 0 Å². The Bertz CT molecular complexity index is 1490. The topological polar surface area (TPSA) is 95.6 Å². The van der Waals surface area contributed by atoms with E-state index in [0.29, 0.717) is 41.4 Å². The first-order valence-corrected chi connectivity index (χ1v) is 12.1. The summed E-state index contributed by atoms with van der Waals surface area (Å²) in [4.78, 5) is 26.7. The van der Waals surface area contributed by atoms with Crippen molar-refractivity contribution in [3.63, 3.8) is 0 Å². The normalized spacial score (nSPS) is 15.2. The van der Waals surface area contributed by atoms with Crippen LogP contribution in [-0.2, 0) is 11.3 Å². The first-order chi connectivity index (χ1) is 17.5. The van der Waals surface area contributed by atoms with Crippen molar-refractivity contribution < 1.29 is 14.3 Å². The average Bonchev–Trinajstić information content (AvgIpc) is 3.41. The van der Waals surface area contributed by atoms with Crippen molar-refractivity contribution in [3.8, 4) is 16.9 Å². The maximum atomic E-state index is 13.7. The van der Waals surface area contributed by atoms with Crippen molar-refractivity contribution in [1.82, 2.24) is 4.57 Å². The molecule has 1 aliphatic rings. The molecule has 5 rings (SSSR count). The van der Waals surface area contributed by atoms with Gasteiger partial charge in [-0.3, -0.25) is 14.2 Å². The Morgan fingerprint density at radius 3 is 2.61 bits per heavy atom. The van der Waals surface area contributed by atoms with Crippen LogP contribution in [0.3, 0.4) is 0 Å². The molecule has 4 aromatic rings. The number of para-hydroxylation sites is 1. The molecule has 0 radical (unpaired) electrons. The quantitative estimate of drug-likeness (QED) is 0.402. The van der Waals surface area contributed by atoms with Gasteiger partial charge in [0.15, 0.2) is 0 Å². The second-order valence-electron chi connectivity index (χ2n) is 9.09. The number of hydrogen-bond acceptors (Lipinski definition) is 5. The number of aromatic nitrogens is 1. The number of hydrogen-bond donors (Lipinski definition) is 2. The molecule has 0 bridgehead atoms. The van der Waals surface area contributed by atoms with Crippen molar-refractivity contribution in [2.75, 3.05) is 24.8 Å². The number of nitrogens with two attached hydrogens (primary N) is 1. The third-order valence-electron chi connectivity index (χ3n) is 6.67. The number of aryl methyl sites for hydroxylation is 1. The first-order valence-electron chi connectivity index (χ1n) is 12.1. The molecule has 1 saturated heterocycles. The number of nitrogens with zero attached hydrogens (tertiary/aromatic N) is 1. The summed E-state index contributed by atoms with van der Waals surface area (Å²) in [6, 6.07) is 20.4. The van der Waals surface area contributed by atoms with Crippen LogP contribution in [-0.4, -0.2) is 30.3 Å². The van der Waals surface area contributed by atoms with Gasteiger partial charge in [0.05, 0.1) is 25.3 Å². The zero-order valence-electron chi connectivity index (χ0n) is 20.4. The van der Waals surface area contributed by atoms with Crippen molar-refractivity contribution in [3.05, 3.63) is 88.2 Å². The van der Waals surface area contributed by atoms with Crippen LogP contribution < -0.4 is 21.3 Å². The summed E-state index contributed by atoms with van der Waals surface area (Å²) in [5, 5.41) is 4.12. The van der Waals surface area contributed by atoms with Gasteiger partial charge >= 0.3 is 0 Å². The maximum Gasteiger partial charge on any atom is 0.260 e. The second kappa shape index (κ2) is 9.87. The van der Waals surface area contributed by atoms with Crippen molar-refractivity contribution in [1.29, 1.82) is 0 Å². The molecule has 2 heterocycles. The molecular formula is C29H29N3O4. The summed E-state index contributed by atoms with van der Waals surface area (Å²) in [5.41, 5.74) is 10.2. The van der Waals surface area contributed by atoms with E-state index in [1.165, 1.54) is 7.11 Å². The molecule has 0 spiro atoms. The predicted molar refractivity (Wildman–Crippen MR) is 143 cm³/mol. The second-order valence-corrected chi connectivity index (χ2v) is 9.09. The Kier molecular flexibility index (Phi) is 6.48. The number of nitrogens with one attached hydrogen (secondary N) is 1. The fraction of sp³-hybridized carbons (Fsp3) is 0.241. The first kappa shape index (κ1) is 23.6. The molecule has 1 unspecified atom stereocenters. The summed E-state index contributed by atoms with van der Waals surface area (Å²) >= 11 is 0. The zero-order valence-corrected chi connectivity index (χ0v) is 20.4. The van der Waals surface area contributed by atoms with Crippen LogP contribution in [0.15, 0.2) is 71.5 Å². The lowest BCUT2D eigenvalue weighted by Crippen LogP contribution is -2.29. The van der Waals surface area contributed by atoms with E-state index in [9.17, 15) is 9.59 Å². The van der Waals surface area contributed by atoms with E-state index in [2.05, 4.69) is 5.32 Å². The number of nitrogen functional groups attached to an aromatic ring is 1. The standard InChI is InChI=1S/C29H29N3O4/c1-18-9-11-19(12-10-18)26-22-14-13-20(31-28(33)23-7-3-4-8-25(23)35-2)16-24(22)29(34)32(27(26)30)17-21-6-5-15-36-21/h3-4,7-14,16,21H,5-6,15,17,30H2,1-2H3,(H,31,33). The largest absolute Gasteiger partial charge is 0.496 e. The van der Waals surface area contributed by atoms with Gasteiger partial charge < -0.3 is 20.5 Å². The lowest BCUT2D eigenvalue weighted by Gasteiger charge is -2.20. The molecule has 0 aliphatic carbocycles. The molecule has 3 aromatic carbocycles.